The van der Waals surface area contributed by atoms with Crippen molar-refractivity contribution in [1.29, 1.82) is 0 Å². The van der Waals surface area contributed by atoms with Crippen LogP contribution in [-0.4, -0.2) is 53.3 Å². The predicted octanol–water partition coefficient (Wildman–Crippen LogP) is 2.67. The van der Waals surface area contributed by atoms with Crippen LogP contribution < -0.4 is 10.6 Å². The average Bonchev–Trinajstić information content (AvgIpc) is 2.58. The normalized spacial score (nSPS) is 21.4. The van der Waals surface area contributed by atoms with Crippen molar-refractivity contribution < 1.29 is 9.59 Å². The van der Waals surface area contributed by atoms with Crippen LogP contribution in [-0.2, 0) is 9.59 Å². The molecule has 26 heavy (non-hydrogen) atoms. The van der Waals surface area contributed by atoms with Crippen molar-refractivity contribution in [2.75, 3.05) is 29.5 Å². The fraction of sp³-hybridized carbons (Fsp3) is 0.500. The molecule has 0 aromatic heterocycles. The second kappa shape index (κ2) is 9.12. The lowest BCUT2D eigenvalue weighted by molar-refractivity contribution is -0.129. The molecule has 0 radical (unpaired) electrons. The van der Waals surface area contributed by atoms with Gasteiger partial charge in [-0.25, -0.2) is 0 Å². The quantitative estimate of drug-likeness (QED) is 0.775. The Bertz CT molecular complexity index is 659. The molecule has 1 aliphatic rings. The summed E-state index contributed by atoms with van der Waals surface area (Å²) in [6, 6.07) is 10.9. The van der Waals surface area contributed by atoms with E-state index in [1.54, 1.807) is 6.92 Å². The molecule has 2 rings (SSSR count). The monoisotopic (exact) mass is 375 g/mol. The van der Waals surface area contributed by atoms with Gasteiger partial charge in [-0.3, -0.25) is 9.59 Å². The number of hydrogen-bond acceptors (Lipinski definition) is 5. The van der Waals surface area contributed by atoms with E-state index in [1.807, 2.05) is 23.1 Å². The van der Waals surface area contributed by atoms with Crippen molar-refractivity contribution in [3.05, 3.63) is 41.6 Å². The van der Waals surface area contributed by atoms with Gasteiger partial charge in [0.25, 0.3) is 0 Å². The van der Waals surface area contributed by atoms with Gasteiger partial charge < -0.3 is 15.5 Å². The molecular weight excluding hydrogens is 346 g/mol. The number of thioether (sulfide) groups is 1. The van der Waals surface area contributed by atoms with E-state index in [2.05, 4.69) is 30.9 Å². The van der Waals surface area contributed by atoms with Crippen LogP contribution in [0.25, 0.3) is 0 Å². The standard InChI is InChI=1S/C20H29N3O2S/c1-14-10-22(11-15(2)23(14)18-8-6-5-7-9-18)20(25)13-26-12-19(16(3)21)17(4)24/h5-9,14-15H,10-13,21H2,1-4H3/t14-,15+. The Labute approximate surface area is 160 Å². The van der Waals surface area contributed by atoms with Crippen molar-refractivity contribution in [1.82, 2.24) is 4.90 Å². The highest BCUT2D eigenvalue weighted by Crippen LogP contribution is 2.25. The summed E-state index contributed by atoms with van der Waals surface area (Å²) < 4.78 is 0. The molecule has 0 saturated carbocycles. The van der Waals surface area contributed by atoms with E-state index in [-0.39, 0.29) is 23.8 Å². The summed E-state index contributed by atoms with van der Waals surface area (Å²) >= 11 is 1.46. The largest absolute Gasteiger partial charge is 0.402 e. The Morgan fingerprint density at radius 3 is 2.15 bits per heavy atom. The van der Waals surface area contributed by atoms with Gasteiger partial charge in [-0.15, -0.1) is 11.8 Å². The highest BCUT2D eigenvalue weighted by atomic mass is 32.2. The Balaban J connectivity index is 1.92. The van der Waals surface area contributed by atoms with Crippen molar-refractivity contribution in [3.63, 3.8) is 0 Å². The summed E-state index contributed by atoms with van der Waals surface area (Å²) in [7, 11) is 0. The molecule has 6 heteroatoms. The van der Waals surface area contributed by atoms with Crippen LogP contribution in [0.4, 0.5) is 5.69 Å². The summed E-state index contributed by atoms with van der Waals surface area (Å²) in [5.74, 6) is 0.954. The number of Topliss-reactive ketones (excluding diaryl/α,β-unsaturated/α-hetero) is 1. The number of benzene rings is 1. The zero-order valence-corrected chi connectivity index (χ0v) is 16.9. The second-order valence-electron chi connectivity index (χ2n) is 6.95. The van der Waals surface area contributed by atoms with Gasteiger partial charge in [0.1, 0.15) is 0 Å². The van der Waals surface area contributed by atoms with E-state index in [0.29, 0.717) is 35.9 Å². The minimum absolute atomic E-state index is 0.0244. The summed E-state index contributed by atoms with van der Waals surface area (Å²) in [5, 5.41) is 0. The molecule has 2 atom stereocenters. The summed E-state index contributed by atoms with van der Waals surface area (Å²) in [4.78, 5) is 28.5. The number of rotatable bonds is 6. The lowest BCUT2D eigenvalue weighted by Gasteiger charge is -2.46. The van der Waals surface area contributed by atoms with Crippen molar-refractivity contribution in [3.8, 4) is 0 Å². The van der Waals surface area contributed by atoms with E-state index >= 15 is 0 Å². The third-order valence-electron chi connectivity index (χ3n) is 4.70. The number of nitrogens with zero attached hydrogens (tertiary/aromatic N) is 2. The van der Waals surface area contributed by atoms with Crippen LogP contribution in [0, 0.1) is 0 Å². The number of nitrogens with two attached hydrogens (primary N) is 1. The Kier molecular flexibility index (Phi) is 7.14. The van der Waals surface area contributed by atoms with Gasteiger partial charge >= 0.3 is 0 Å². The number of amides is 1. The number of allylic oxidation sites excluding steroid dienone is 1. The fourth-order valence-electron chi connectivity index (χ4n) is 3.46. The van der Waals surface area contributed by atoms with E-state index in [1.165, 1.54) is 24.4 Å². The van der Waals surface area contributed by atoms with Crippen LogP contribution in [0.5, 0.6) is 0 Å². The molecular formula is C20H29N3O2S. The van der Waals surface area contributed by atoms with Crippen LogP contribution in [0.2, 0.25) is 0 Å². The van der Waals surface area contributed by atoms with Gasteiger partial charge in [0.2, 0.25) is 5.91 Å². The number of anilines is 1. The number of hydrogen-bond donors (Lipinski definition) is 1. The topological polar surface area (TPSA) is 66.6 Å². The molecule has 0 unspecified atom stereocenters. The molecule has 1 fully saturated rings. The van der Waals surface area contributed by atoms with E-state index in [9.17, 15) is 9.59 Å². The maximum absolute atomic E-state index is 12.6. The van der Waals surface area contributed by atoms with Crippen molar-refractivity contribution in [2.24, 2.45) is 5.73 Å². The second-order valence-corrected chi connectivity index (χ2v) is 7.94. The molecule has 142 valence electrons. The van der Waals surface area contributed by atoms with Gasteiger partial charge in [-0.1, -0.05) is 18.2 Å². The minimum Gasteiger partial charge on any atom is -0.402 e. The van der Waals surface area contributed by atoms with E-state index in [4.69, 9.17) is 5.73 Å². The smallest absolute Gasteiger partial charge is 0.232 e. The third-order valence-corrected chi connectivity index (χ3v) is 5.64. The molecule has 1 amide bonds. The Morgan fingerprint density at radius 2 is 1.65 bits per heavy atom. The molecule has 1 aliphatic heterocycles. The number of carbonyl (C=O) groups is 2. The maximum Gasteiger partial charge on any atom is 0.232 e. The molecule has 0 aliphatic carbocycles. The first-order valence-corrected chi connectivity index (χ1v) is 10.1. The van der Waals surface area contributed by atoms with Gasteiger partial charge in [0.05, 0.1) is 5.75 Å². The van der Waals surface area contributed by atoms with Crippen LogP contribution >= 0.6 is 11.8 Å². The van der Waals surface area contributed by atoms with Crippen LogP contribution in [0.1, 0.15) is 27.7 Å². The summed E-state index contributed by atoms with van der Waals surface area (Å²) in [5.41, 5.74) is 8.09. The molecule has 1 aromatic carbocycles. The molecule has 5 nitrogen and oxygen atoms in total. The SMILES string of the molecule is CC(=O)C(CSCC(=O)N1C[C@@H](C)N(c2ccccc2)[C@@H](C)C1)=C(C)N. The van der Waals surface area contributed by atoms with Gasteiger partial charge in [0.15, 0.2) is 5.78 Å². The van der Waals surface area contributed by atoms with Gasteiger partial charge in [0, 0.05) is 47.9 Å². The first kappa shape index (κ1) is 20.4. The summed E-state index contributed by atoms with van der Waals surface area (Å²) in [6.45, 7) is 8.98. The molecule has 0 spiro atoms. The molecule has 0 bridgehead atoms. The van der Waals surface area contributed by atoms with Gasteiger partial charge in [-0.2, -0.15) is 0 Å². The van der Waals surface area contributed by atoms with E-state index < -0.39 is 0 Å². The summed E-state index contributed by atoms with van der Waals surface area (Å²) in [6.07, 6.45) is 0. The number of para-hydroxylation sites is 1. The predicted molar refractivity (Wildman–Crippen MR) is 109 cm³/mol. The number of piperazine rings is 1. The molecule has 1 heterocycles. The molecule has 2 N–H and O–H groups in total. The zero-order valence-electron chi connectivity index (χ0n) is 16.1. The van der Waals surface area contributed by atoms with Crippen molar-refractivity contribution >= 4 is 29.1 Å². The molecule has 1 saturated heterocycles. The first-order valence-electron chi connectivity index (χ1n) is 8.96. The third kappa shape index (κ3) is 5.04. The highest BCUT2D eigenvalue weighted by molar-refractivity contribution is 8.00. The number of carbonyl (C=O) groups excluding carboxylic acids is 2. The van der Waals surface area contributed by atoms with Crippen LogP contribution in [0.15, 0.2) is 41.6 Å². The lowest BCUT2D eigenvalue weighted by Crippen LogP contribution is -2.58. The van der Waals surface area contributed by atoms with Crippen molar-refractivity contribution in [2.45, 2.75) is 39.8 Å². The fourth-order valence-corrected chi connectivity index (χ4v) is 4.55. The molecule has 1 aromatic rings. The maximum atomic E-state index is 12.6. The Morgan fingerprint density at radius 1 is 1.08 bits per heavy atom. The highest BCUT2D eigenvalue weighted by Gasteiger charge is 2.31. The first-order chi connectivity index (χ1) is 12.3. The lowest BCUT2D eigenvalue weighted by atomic mass is 10.1. The minimum atomic E-state index is -0.0244. The average molecular weight is 376 g/mol. The van der Waals surface area contributed by atoms with Crippen LogP contribution in [0.3, 0.4) is 0 Å². The zero-order chi connectivity index (χ0) is 19.3. The number of ketones is 1. The van der Waals surface area contributed by atoms with E-state index in [0.717, 1.165) is 0 Å². The van der Waals surface area contributed by atoms with Gasteiger partial charge in [-0.05, 0) is 39.8 Å². The Hall–Kier alpha value is -1.95.